The molecular formula is C15H17ClN4OS. The van der Waals surface area contributed by atoms with Crippen molar-refractivity contribution in [1.29, 1.82) is 0 Å². The van der Waals surface area contributed by atoms with E-state index in [1.807, 2.05) is 50.2 Å². The predicted octanol–water partition coefficient (Wildman–Crippen LogP) is 3.32. The SMILES string of the molecule is C[C@@H](Sc1ccc(Cl)nn1)C(=O)Nc1ccc(N(C)C)cc1. The maximum Gasteiger partial charge on any atom is 0.237 e. The molecule has 2 rings (SSSR count). The van der Waals surface area contributed by atoms with E-state index < -0.39 is 0 Å². The lowest BCUT2D eigenvalue weighted by Gasteiger charge is -2.14. The molecule has 1 heterocycles. The summed E-state index contributed by atoms with van der Waals surface area (Å²) in [5.74, 6) is -0.0839. The number of hydrogen-bond donors (Lipinski definition) is 1. The summed E-state index contributed by atoms with van der Waals surface area (Å²) >= 11 is 7.02. The third-order valence-electron chi connectivity index (χ3n) is 2.93. The molecule has 116 valence electrons. The van der Waals surface area contributed by atoms with E-state index >= 15 is 0 Å². The molecule has 0 spiro atoms. The largest absolute Gasteiger partial charge is 0.378 e. The summed E-state index contributed by atoms with van der Waals surface area (Å²) in [6, 6.07) is 11.1. The van der Waals surface area contributed by atoms with Crippen molar-refractivity contribution in [1.82, 2.24) is 10.2 Å². The van der Waals surface area contributed by atoms with Crippen molar-refractivity contribution in [3.05, 3.63) is 41.6 Å². The molecule has 0 bridgehead atoms. The van der Waals surface area contributed by atoms with Crippen LogP contribution >= 0.6 is 23.4 Å². The van der Waals surface area contributed by atoms with Crippen molar-refractivity contribution in [2.45, 2.75) is 17.2 Å². The van der Waals surface area contributed by atoms with Crippen molar-refractivity contribution >= 4 is 40.6 Å². The van der Waals surface area contributed by atoms with Crippen LogP contribution in [0.25, 0.3) is 0 Å². The second-order valence-corrected chi connectivity index (χ2v) is 6.63. The van der Waals surface area contributed by atoms with Gasteiger partial charge in [0.05, 0.1) is 5.25 Å². The number of benzene rings is 1. The highest BCUT2D eigenvalue weighted by Crippen LogP contribution is 2.23. The Morgan fingerprint density at radius 2 is 1.86 bits per heavy atom. The van der Waals surface area contributed by atoms with Gasteiger partial charge in [0, 0.05) is 25.5 Å². The summed E-state index contributed by atoms with van der Waals surface area (Å²) in [4.78, 5) is 14.2. The Labute approximate surface area is 139 Å². The Bertz CT molecular complexity index is 631. The Kier molecular flexibility index (Phi) is 5.63. The van der Waals surface area contributed by atoms with Gasteiger partial charge < -0.3 is 10.2 Å². The van der Waals surface area contributed by atoms with Gasteiger partial charge in [-0.15, -0.1) is 10.2 Å². The summed E-state index contributed by atoms with van der Waals surface area (Å²) < 4.78 is 0. The number of carbonyl (C=O) groups is 1. The molecule has 1 aromatic carbocycles. The topological polar surface area (TPSA) is 58.1 Å². The van der Waals surface area contributed by atoms with Gasteiger partial charge in [-0.2, -0.15) is 0 Å². The number of anilines is 2. The first-order valence-corrected chi connectivity index (χ1v) is 7.95. The van der Waals surface area contributed by atoms with E-state index in [1.54, 1.807) is 12.1 Å². The maximum absolute atomic E-state index is 12.2. The van der Waals surface area contributed by atoms with Crippen LogP contribution in [0.3, 0.4) is 0 Å². The minimum absolute atomic E-state index is 0.0839. The van der Waals surface area contributed by atoms with Crippen LogP contribution in [0.5, 0.6) is 0 Å². The van der Waals surface area contributed by atoms with E-state index in [0.717, 1.165) is 11.4 Å². The molecule has 5 nitrogen and oxygen atoms in total. The van der Waals surface area contributed by atoms with Crippen LogP contribution < -0.4 is 10.2 Å². The molecule has 0 unspecified atom stereocenters. The Morgan fingerprint density at radius 1 is 1.18 bits per heavy atom. The minimum atomic E-state index is -0.288. The second-order valence-electron chi connectivity index (χ2n) is 4.88. The number of halogens is 1. The molecule has 1 amide bonds. The normalized spacial score (nSPS) is 11.8. The number of thioether (sulfide) groups is 1. The lowest BCUT2D eigenvalue weighted by atomic mass is 10.2. The quantitative estimate of drug-likeness (QED) is 0.849. The molecule has 7 heteroatoms. The summed E-state index contributed by atoms with van der Waals surface area (Å²) in [6.45, 7) is 1.82. The van der Waals surface area contributed by atoms with Crippen LogP contribution in [-0.2, 0) is 4.79 Å². The number of nitrogens with one attached hydrogen (secondary N) is 1. The summed E-state index contributed by atoms with van der Waals surface area (Å²) in [5.41, 5.74) is 1.85. The fourth-order valence-electron chi connectivity index (χ4n) is 1.69. The fraction of sp³-hybridized carbons (Fsp3) is 0.267. The number of hydrogen-bond acceptors (Lipinski definition) is 5. The van der Waals surface area contributed by atoms with Gasteiger partial charge in [0.25, 0.3) is 0 Å². The molecule has 0 aliphatic rings. The van der Waals surface area contributed by atoms with Crippen molar-refractivity contribution in [3.8, 4) is 0 Å². The molecule has 0 aliphatic heterocycles. The lowest BCUT2D eigenvalue weighted by Crippen LogP contribution is -2.22. The van der Waals surface area contributed by atoms with E-state index in [1.165, 1.54) is 11.8 Å². The molecule has 22 heavy (non-hydrogen) atoms. The van der Waals surface area contributed by atoms with Gasteiger partial charge in [0.15, 0.2) is 5.15 Å². The van der Waals surface area contributed by atoms with Crippen molar-refractivity contribution in [2.75, 3.05) is 24.3 Å². The van der Waals surface area contributed by atoms with Crippen LogP contribution in [-0.4, -0.2) is 35.4 Å². The summed E-state index contributed by atoms with van der Waals surface area (Å²) in [7, 11) is 3.94. The Morgan fingerprint density at radius 3 is 2.41 bits per heavy atom. The van der Waals surface area contributed by atoms with Gasteiger partial charge in [-0.05, 0) is 43.3 Å². The third-order valence-corrected chi connectivity index (χ3v) is 4.15. The molecule has 0 saturated carbocycles. The van der Waals surface area contributed by atoms with Crippen molar-refractivity contribution in [2.24, 2.45) is 0 Å². The minimum Gasteiger partial charge on any atom is -0.378 e. The van der Waals surface area contributed by atoms with Gasteiger partial charge in [0.1, 0.15) is 5.03 Å². The van der Waals surface area contributed by atoms with Gasteiger partial charge in [0.2, 0.25) is 5.91 Å². The average molecular weight is 337 g/mol. The third kappa shape index (κ3) is 4.61. The second kappa shape index (κ2) is 7.47. The summed E-state index contributed by atoms with van der Waals surface area (Å²) in [5, 5.41) is 11.3. The van der Waals surface area contributed by atoms with Gasteiger partial charge >= 0.3 is 0 Å². The van der Waals surface area contributed by atoms with Gasteiger partial charge in [-0.25, -0.2) is 0 Å². The number of nitrogens with zero attached hydrogens (tertiary/aromatic N) is 3. The smallest absolute Gasteiger partial charge is 0.237 e. The first-order valence-electron chi connectivity index (χ1n) is 6.70. The highest BCUT2D eigenvalue weighted by molar-refractivity contribution is 8.00. The molecule has 1 N–H and O–H groups in total. The monoisotopic (exact) mass is 336 g/mol. The summed E-state index contributed by atoms with van der Waals surface area (Å²) in [6.07, 6.45) is 0. The lowest BCUT2D eigenvalue weighted by molar-refractivity contribution is -0.115. The first-order chi connectivity index (χ1) is 10.5. The predicted molar refractivity (Wildman–Crippen MR) is 91.8 cm³/mol. The number of aromatic nitrogens is 2. The molecule has 0 aliphatic carbocycles. The molecule has 0 saturated heterocycles. The highest BCUT2D eigenvalue weighted by Gasteiger charge is 2.15. The average Bonchev–Trinajstić information content (AvgIpc) is 2.50. The van der Waals surface area contributed by atoms with Crippen molar-refractivity contribution < 1.29 is 4.79 Å². The number of amides is 1. The molecule has 2 aromatic rings. The Balaban J connectivity index is 1.94. The zero-order chi connectivity index (χ0) is 16.1. The van der Waals surface area contributed by atoms with E-state index in [4.69, 9.17) is 11.6 Å². The highest BCUT2D eigenvalue weighted by atomic mass is 35.5. The fourth-order valence-corrected chi connectivity index (χ4v) is 2.55. The number of carbonyl (C=O) groups excluding carboxylic acids is 1. The van der Waals surface area contributed by atoms with Crippen LogP contribution in [0, 0.1) is 0 Å². The van der Waals surface area contributed by atoms with Crippen LogP contribution in [0.2, 0.25) is 5.15 Å². The van der Waals surface area contributed by atoms with Crippen LogP contribution in [0.1, 0.15) is 6.92 Å². The van der Waals surface area contributed by atoms with Crippen LogP contribution in [0.4, 0.5) is 11.4 Å². The van der Waals surface area contributed by atoms with Crippen LogP contribution in [0.15, 0.2) is 41.4 Å². The van der Waals surface area contributed by atoms with E-state index in [9.17, 15) is 4.79 Å². The number of rotatable bonds is 5. The standard InChI is InChI=1S/C15H17ClN4OS/c1-10(22-14-9-8-13(16)18-19-14)15(21)17-11-4-6-12(7-5-11)20(2)3/h4-10H,1-3H3,(H,17,21)/t10-/m1/s1. The molecule has 0 radical (unpaired) electrons. The van der Waals surface area contributed by atoms with Crippen molar-refractivity contribution in [3.63, 3.8) is 0 Å². The zero-order valence-electron chi connectivity index (χ0n) is 12.6. The van der Waals surface area contributed by atoms with E-state index in [-0.39, 0.29) is 11.2 Å². The van der Waals surface area contributed by atoms with E-state index in [0.29, 0.717) is 10.2 Å². The van der Waals surface area contributed by atoms with Gasteiger partial charge in [-0.3, -0.25) is 4.79 Å². The molecule has 0 fully saturated rings. The van der Waals surface area contributed by atoms with E-state index in [2.05, 4.69) is 15.5 Å². The maximum atomic E-state index is 12.2. The first kappa shape index (κ1) is 16.6. The molecular weight excluding hydrogens is 320 g/mol. The van der Waals surface area contributed by atoms with Gasteiger partial charge in [-0.1, -0.05) is 23.4 Å². The molecule has 1 atom stereocenters. The zero-order valence-corrected chi connectivity index (χ0v) is 14.1. The Hall–Kier alpha value is -1.79. The molecule has 1 aromatic heterocycles.